The zero-order valence-electron chi connectivity index (χ0n) is 22.5. The third-order valence-electron chi connectivity index (χ3n) is 6.61. The van der Waals surface area contributed by atoms with Crippen LogP contribution in [0.15, 0.2) is 93.0 Å². The van der Waals surface area contributed by atoms with Gasteiger partial charge in [-0.15, -0.1) is 0 Å². The predicted molar refractivity (Wildman–Crippen MR) is 155 cm³/mol. The van der Waals surface area contributed by atoms with Gasteiger partial charge in [0.25, 0.3) is 0 Å². The number of aliphatic hydroxyl groups is 1. The first-order chi connectivity index (χ1) is 19.0. The summed E-state index contributed by atoms with van der Waals surface area (Å²) in [6.45, 7) is 4.12. The van der Waals surface area contributed by atoms with Crippen molar-refractivity contribution in [1.82, 2.24) is 9.62 Å². The van der Waals surface area contributed by atoms with Gasteiger partial charge in [-0.2, -0.15) is 4.31 Å². The Balaban J connectivity index is 1.62. The second-order valence-electron chi connectivity index (χ2n) is 10.3. The van der Waals surface area contributed by atoms with Crippen molar-refractivity contribution < 1.29 is 23.0 Å². The van der Waals surface area contributed by atoms with Gasteiger partial charge in [0.05, 0.1) is 11.0 Å². The lowest BCUT2D eigenvalue weighted by Crippen LogP contribution is -2.49. The standard InChI is InChI=1S/C30H35N3O6S/c1-20(2)18-33(40(37,38)25-11-8-23(31)9-12-25)19-28(35)27(14-21-6-4-3-5-7-21)32-17-22-15-30(36)39-29-16-24(34)10-13-26(22)29/h3-13,15-16,20,27-28,32,34-35H,14,17-19,31H2,1-2H3/t27-,28+/m0/s1. The number of phenols is 1. The highest BCUT2D eigenvalue weighted by molar-refractivity contribution is 7.89. The fraction of sp³-hybridized carbons (Fsp3) is 0.300. The highest BCUT2D eigenvalue weighted by Gasteiger charge is 2.30. The molecule has 10 heteroatoms. The molecule has 212 valence electrons. The number of aliphatic hydroxyl groups excluding tert-OH is 1. The summed E-state index contributed by atoms with van der Waals surface area (Å²) in [4.78, 5) is 12.3. The third-order valence-corrected chi connectivity index (χ3v) is 8.45. The molecule has 0 fully saturated rings. The van der Waals surface area contributed by atoms with Gasteiger partial charge in [-0.3, -0.25) is 0 Å². The highest BCUT2D eigenvalue weighted by atomic mass is 32.2. The van der Waals surface area contributed by atoms with E-state index < -0.39 is 27.8 Å². The molecule has 0 unspecified atom stereocenters. The number of nitrogen functional groups attached to an aromatic ring is 1. The second-order valence-corrected chi connectivity index (χ2v) is 12.2. The molecule has 0 radical (unpaired) electrons. The van der Waals surface area contributed by atoms with Gasteiger partial charge in [0.15, 0.2) is 0 Å². The predicted octanol–water partition coefficient (Wildman–Crippen LogP) is 3.49. The van der Waals surface area contributed by atoms with Crippen molar-refractivity contribution in [2.75, 3.05) is 18.8 Å². The van der Waals surface area contributed by atoms with E-state index >= 15 is 0 Å². The summed E-state index contributed by atoms with van der Waals surface area (Å²) in [6, 6.07) is 20.9. The molecule has 4 aromatic rings. The lowest BCUT2D eigenvalue weighted by molar-refractivity contribution is 0.101. The van der Waals surface area contributed by atoms with Gasteiger partial charge in [0.1, 0.15) is 11.3 Å². The van der Waals surface area contributed by atoms with Gasteiger partial charge in [-0.05, 0) is 59.9 Å². The lowest BCUT2D eigenvalue weighted by Gasteiger charge is -2.31. The minimum absolute atomic E-state index is 0.0163. The number of sulfonamides is 1. The van der Waals surface area contributed by atoms with Crippen molar-refractivity contribution in [2.45, 2.75) is 43.9 Å². The maximum atomic E-state index is 13.6. The maximum Gasteiger partial charge on any atom is 0.336 e. The number of nitrogens with two attached hydrogens (primary N) is 1. The minimum atomic E-state index is -3.91. The molecule has 9 nitrogen and oxygen atoms in total. The Bertz CT molecular complexity index is 1590. The third kappa shape index (κ3) is 7.28. The Labute approximate surface area is 233 Å². The Morgan fingerprint density at radius 1 is 0.975 bits per heavy atom. The molecule has 3 aromatic carbocycles. The smallest absolute Gasteiger partial charge is 0.336 e. The van der Waals surface area contributed by atoms with Crippen molar-refractivity contribution in [1.29, 1.82) is 0 Å². The number of hydrogen-bond donors (Lipinski definition) is 4. The topological polar surface area (TPSA) is 146 Å². The molecular weight excluding hydrogens is 530 g/mol. The number of benzene rings is 3. The second kappa shape index (κ2) is 12.6. The van der Waals surface area contributed by atoms with E-state index in [0.717, 1.165) is 5.56 Å². The van der Waals surface area contributed by atoms with Crippen LogP contribution >= 0.6 is 0 Å². The fourth-order valence-corrected chi connectivity index (χ4v) is 6.24. The summed E-state index contributed by atoms with van der Waals surface area (Å²) in [5, 5.41) is 25.3. The summed E-state index contributed by atoms with van der Waals surface area (Å²) in [6.07, 6.45) is -0.669. The Hall–Kier alpha value is -3.70. The van der Waals surface area contributed by atoms with Crippen molar-refractivity contribution >= 4 is 26.7 Å². The number of nitrogens with one attached hydrogen (secondary N) is 1. The summed E-state index contributed by atoms with van der Waals surface area (Å²) in [7, 11) is -3.91. The molecule has 4 rings (SSSR count). The average molecular weight is 566 g/mol. The largest absolute Gasteiger partial charge is 0.508 e. The SMILES string of the molecule is CC(C)CN(C[C@@H](O)[C@H](Cc1ccccc1)NCc1cc(=O)oc2cc(O)ccc12)S(=O)(=O)c1ccc(N)cc1. The van der Waals surface area contributed by atoms with Crippen LogP contribution in [0.3, 0.4) is 0 Å². The molecule has 5 N–H and O–H groups in total. The summed E-state index contributed by atoms with van der Waals surface area (Å²) >= 11 is 0. The molecule has 1 heterocycles. The van der Waals surface area contributed by atoms with Gasteiger partial charge in [0.2, 0.25) is 10.0 Å². The number of rotatable bonds is 12. The van der Waals surface area contributed by atoms with Crippen LogP contribution in [-0.4, -0.2) is 48.2 Å². The molecule has 0 aliphatic carbocycles. The van der Waals surface area contributed by atoms with E-state index in [1.54, 1.807) is 6.07 Å². The molecule has 40 heavy (non-hydrogen) atoms. The molecule has 0 bridgehead atoms. The molecular formula is C30H35N3O6S. The minimum Gasteiger partial charge on any atom is -0.508 e. The van der Waals surface area contributed by atoms with E-state index in [-0.39, 0.29) is 41.8 Å². The van der Waals surface area contributed by atoms with Crippen molar-refractivity contribution in [3.63, 3.8) is 0 Å². The molecule has 0 saturated carbocycles. The number of hydrogen-bond acceptors (Lipinski definition) is 8. The summed E-state index contributed by atoms with van der Waals surface area (Å²) in [5.41, 5.74) is 7.49. The van der Waals surface area contributed by atoms with Crippen molar-refractivity contribution in [3.05, 3.63) is 100 Å². The van der Waals surface area contributed by atoms with Crippen LogP contribution in [0.4, 0.5) is 5.69 Å². The van der Waals surface area contributed by atoms with Crippen LogP contribution in [0, 0.1) is 5.92 Å². The first-order valence-electron chi connectivity index (χ1n) is 13.1. The molecule has 1 aromatic heterocycles. The normalized spacial score (nSPS) is 13.6. The number of nitrogens with zero attached hydrogens (tertiary/aromatic N) is 1. The quantitative estimate of drug-likeness (QED) is 0.151. The first-order valence-corrected chi connectivity index (χ1v) is 14.5. The Morgan fingerprint density at radius 3 is 2.35 bits per heavy atom. The van der Waals surface area contributed by atoms with Crippen LogP contribution in [-0.2, 0) is 23.0 Å². The zero-order valence-corrected chi connectivity index (χ0v) is 23.3. The Morgan fingerprint density at radius 2 is 1.68 bits per heavy atom. The number of aromatic hydroxyl groups is 1. The van der Waals surface area contributed by atoms with Crippen LogP contribution in [0.1, 0.15) is 25.0 Å². The van der Waals surface area contributed by atoms with Crippen LogP contribution < -0.4 is 16.7 Å². The Kier molecular flexibility index (Phi) is 9.26. The van der Waals surface area contributed by atoms with E-state index in [1.807, 2.05) is 44.2 Å². The molecule has 0 aliphatic heterocycles. The van der Waals surface area contributed by atoms with Crippen molar-refractivity contribution in [3.8, 4) is 5.75 Å². The molecule has 0 spiro atoms. The van der Waals surface area contributed by atoms with E-state index in [1.165, 1.54) is 46.8 Å². The van der Waals surface area contributed by atoms with Crippen LogP contribution in [0.2, 0.25) is 0 Å². The van der Waals surface area contributed by atoms with E-state index in [9.17, 15) is 23.4 Å². The summed E-state index contributed by atoms with van der Waals surface area (Å²) in [5.74, 6) is -0.00620. The number of fused-ring (bicyclic) bond motifs is 1. The molecule has 2 atom stereocenters. The number of phenolic OH excluding ortho intramolecular Hbond substituents is 1. The first kappa shape index (κ1) is 29.3. The van der Waals surface area contributed by atoms with E-state index in [0.29, 0.717) is 23.1 Å². The van der Waals surface area contributed by atoms with Gasteiger partial charge in [-0.25, -0.2) is 13.2 Å². The number of anilines is 1. The lowest BCUT2D eigenvalue weighted by atomic mass is 10.00. The maximum absolute atomic E-state index is 13.6. The summed E-state index contributed by atoms with van der Waals surface area (Å²) < 4.78 is 33.7. The fourth-order valence-electron chi connectivity index (χ4n) is 4.62. The van der Waals surface area contributed by atoms with Crippen LogP contribution in [0.5, 0.6) is 5.75 Å². The van der Waals surface area contributed by atoms with Gasteiger partial charge < -0.3 is 25.7 Å². The zero-order chi connectivity index (χ0) is 28.9. The molecule has 0 amide bonds. The van der Waals surface area contributed by atoms with Gasteiger partial charge in [-0.1, -0.05) is 44.2 Å². The van der Waals surface area contributed by atoms with E-state index in [2.05, 4.69) is 5.32 Å². The highest BCUT2D eigenvalue weighted by Crippen LogP contribution is 2.23. The monoisotopic (exact) mass is 565 g/mol. The van der Waals surface area contributed by atoms with Crippen molar-refractivity contribution in [2.24, 2.45) is 5.92 Å². The average Bonchev–Trinajstić information content (AvgIpc) is 2.90. The van der Waals surface area contributed by atoms with Gasteiger partial charge >= 0.3 is 5.63 Å². The van der Waals surface area contributed by atoms with Gasteiger partial charge in [0, 0.05) is 48.9 Å². The van der Waals surface area contributed by atoms with E-state index in [4.69, 9.17) is 10.2 Å². The molecule has 0 aliphatic rings. The van der Waals surface area contributed by atoms with Crippen LogP contribution in [0.25, 0.3) is 11.0 Å². The molecule has 0 saturated heterocycles.